The summed E-state index contributed by atoms with van der Waals surface area (Å²) < 4.78 is 34.0. The highest BCUT2D eigenvalue weighted by atomic mass is 79.9. The lowest BCUT2D eigenvalue weighted by Gasteiger charge is -2.04. The lowest BCUT2D eigenvalue weighted by molar-refractivity contribution is 0.484. The molecule has 0 amide bonds. The van der Waals surface area contributed by atoms with E-state index in [1.54, 1.807) is 12.1 Å². The van der Waals surface area contributed by atoms with Gasteiger partial charge in [-0.3, -0.25) is 4.55 Å². The van der Waals surface area contributed by atoms with E-state index in [0.717, 1.165) is 23.7 Å². The highest BCUT2D eigenvalue weighted by Crippen LogP contribution is 2.41. The Balaban J connectivity index is 2.54. The highest BCUT2D eigenvalue weighted by Gasteiger charge is 2.16. The molecule has 7 heteroatoms. The Morgan fingerprint density at radius 3 is 2.26 bits per heavy atom. The van der Waals surface area contributed by atoms with Gasteiger partial charge in [-0.1, -0.05) is 12.1 Å². The van der Waals surface area contributed by atoms with Crippen LogP contribution >= 0.6 is 43.2 Å². The first-order valence-electron chi connectivity index (χ1n) is 5.15. The van der Waals surface area contributed by atoms with Crippen LogP contribution < -0.4 is 0 Å². The second-order valence-electron chi connectivity index (χ2n) is 4.00. The lowest BCUT2D eigenvalue weighted by atomic mass is 10.1. The minimum atomic E-state index is -4.23. The minimum absolute atomic E-state index is 0.0684. The molecule has 0 atom stereocenters. The fourth-order valence-corrected chi connectivity index (χ4v) is 5.73. The fraction of sp³-hybridized carbons (Fsp3) is 0. The molecule has 1 N–H and O–H groups in total. The summed E-state index contributed by atoms with van der Waals surface area (Å²) in [5.41, 5.74) is 0. The van der Waals surface area contributed by atoms with Crippen LogP contribution in [-0.4, -0.2) is 13.0 Å². The average molecular weight is 422 g/mol. The van der Waals surface area contributed by atoms with Crippen LogP contribution in [-0.2, 0) is 10.1 Å². The third kappa shape index (κ3) is 2.23. The highest BCUT2D eigenvalue weighted by molar-refractivity contribution is 9.12. The lowest BCUT2D eigenvalue weighted by Crippen LogP contribution is -1.98. The van der Waals surface area contributed by atoms with Gasteiger partial charge in [0.2, 0.25) is 0 Å². The summed E-state index contributed by atoms with van der Waals surface area (Å²) in [6, 6.07) is 8.52. The molecular weight excluding hydrogens is 416 g/mol. The normalized spacial score (nSPS) is 12.4. The zero-order chi connectivity index (χ0) is 13.8. The maximum absolute atomic E-state index is 11.4. The average Bonchev–Trinajstić information content (AvgIpc) is 2.60. The summed E-state index contributed by atoms with van der Waals surface area (Å²) in [5, 5.41) is 3.22. The topological polar surface area (TPSA) is 54.4 Å². The summed E-state index contributed by atoms with van der Waals surface area (Å²) in [6.45, 7) is 0. The van der Waals surface area contributed by atoms with Gasteiger partial charge in [0.1, 0.15) is 4.90 Å². The number of rotatable bonds is 1. The van der Waals surface area contributed by atoms with Crippen LogP contribution in [0, 0.1) is 0 Å². The van der Waals surface area contributed by atoms with E-state index in [2.05, 4.69) is 31.9 Å². The van der Waals surface area contributed by atoms with Crippen molar-refractivity contribution in [2.24, 2.45) is 0 Å². The van der Waals surface area contributed by atoms with E-state index in [1.807, 2.05) is 12.1 Å². The molecule has 0 saturated heterocycles. The molecule has 2 aromatic carbocycles. The van der Waals surface area contributed by atoms with E-state index < -0.39 is 10.1 Å². The first kappa shape index (κ1) is 13.5. The van der Waals surface area contributed by atoms with Crippen LogP contribution in [0.3, 0.4) is 0 Å². The second kappa shape index (κ2) is 4.53. The van der Waals surface area contributed by atoms with Gasteiger partial charge in [0, 0.05) is 16.2 Å². The van der Waals surface area contributed by atoms with Crippen LogP contribution in [0.25, 0.3) is 21.5 Å². The first-order valence-corrected chi connectivity index (χ1v) is 9.00. The molecule has 1 heterocycles. The largest absolute Gasteiger partial charge is 0.295 e. The number of fused-ring (bicyclic) bond motifs is 2. The van der Waals surface area contributed by atoms with E-state index in [-0.39, 0.29) is 4.90 Å². The molecule has 0 radical (unpaired) electrons. The summed E-state index contributed by atoms with van der Waals surface area (Å²) in [4.78, 5) is -0.0684. The zero-order valence-electron chi connectivity index (χ0n) is 9.22. The molecule has 3 nitrogen and oxygen atoms in total. The van der Waals surface area contributed by atoms with Gasteiger partial charge in [-0.2, -0.15) is 8.42 Å². The van der Waals surface area contributed by atoms with Crippen molar-refractivity contribution in [1.82, 2.24) is 0 Å². The molecule has 1 aromatic heterocycles. The Bertz CT molecular complexity index is 914. The number of thiophene rings is 1. The predicted molar refractivity (Wildman–Crippen MR) is 84.5 cm³/mol. The first-order chi connectivity index (χ1) is 8.88. The second-order valence-corrected chi connectivity index (χ2v) is 9.05. The van der Waals surface area contributed by atoms with Crippen molar-refractivity contribution in [3.05, 3.63) is 37.9 Å². The van der Waals surface area contributed by atoms with Gasteiger partial charge in [0.15, 0.2) is 0 Å². The maximum Gasteiger partial charge on any atom is 0.295 e. The van der Waals surface area contributed by atoms with Gasteiger partial charge in [0.05, 0.1) is 7.57 Å². The number of hydrogen-bond acceptors (Lipinski definition) is 3. The van der Waals surface area contributed by atoms with E-state index in [1.165, 1.54) is 17.4 Å². The minimum Gasteiger partial charge on any atom is -0.282 e. The van der Waals surface area contributed by atoms with Crippen molar-refractivity contribution < 1.29 is 13.0 Å². The van der Waals surface area contributed by atoms with Crippen molar-refractivity contribution in [3.8, 4) is 0 Å². The number of benzene rings is 2. The SMILES string of the molecule is O=S(=O)(O)c1cccc2cc3c(Br)sc(Br)c3cc12. The van der Waals surface area contributed by atoms with Crippen molar-refractivity contribution >= 4 is 74.9 Å². The molecule has 0 aliphatic heterocycles. The molecule has 19 heavy (non-hydrogen) atoms. The fourth-order valence-electron chi connectivity index (χ4n) is 2.04. The summed E-state index contributed by atoms with van der Waals surface area (Å²) in [5.74, 6) is 0. The third-order valence-corrected chi connectivity index (χ3v) is 6.39. The summed E-state index contributed by atoms with van der Waals surface area (Å²) >= 11 is 8.47. The maximum atomic E-state index is 11.4. The van der Waals surface area contributed by atoms with Gasteiger partial charge >= 0.3 is 0 Å². The van der Waals surface area contributed by atoms with E-state index in [0.29, 0.717) is 5.39 Å². The molecule has 0 spiro atoms. The molecule has 3 rings (SSSR count). The third-order valence-electron chi connectivity index (χ3n) is 2.86. The van der Waals surface area contributed by atoms with E-state index in [4.69, 9.17) is 0 Å². The predicted octanol–water partition coefficient (Wildman–Crippen LogP) is 4.83. The molecular formula is C12H6Br2O3S2. The Kier molecular flexibility index (Phi) is 3.22. The molecule has 0 bridgehead atoms. The van der Waals surface area contributed by atoms with Crippen LogP contribution in [0.4, 0.5) is 0 Å². The Hall–Kier alpha value is -0.470. The molecule has 98 valence electrons. The number of hydrogen-bond donors (Lipinski definition) is 1. The van der Waals surface area contributed by atoms with Gasteiger partial charge in [-0.05, 0) is 55.4 Å². The van der Waals surface area contributed by atoms with Gasteiger partial charge in [-0.15, -0.1) is 11.3 Å². The van der Waals surface area contributed by atoms with Gasteiger partial charge < -0.3 is 0 Å². The van der Waals surface area contributed by atoms with Gasteiger partial charge in [0.25, 0.3) is 10.1 Å². The van der Waals surface area contributed by atoms with Crippen molar-refractivity contribution in [2.45, 2.75) is 4.90 Å². The molecule has 3 aromatic rings. The van der Waals surface area contributed by atoms with Crippen LogP contribution in [0.2, 0.25) is 0 Å². The molecule has 0 aliphatic carbocycles. The Morgan fingerprint density at radius 2 is 1.63 bits per heavy atom. The van der Waals surface area contributed by atoms with Gasteiger partial charge in [-0.25, -0.2) is 0 Å². The van der Waals surface area contributed by atoms with E-state index in [9.17, 15) is 13.0 Å². The van der Waals surface area contributed by atoms with Crippen LogP contribution in [0.5, 0.6) is 0 Å². The zero-order valence-corrected chi connectivity index (χ0v) is 14.0. The quantitative estimate of drug-likeness (QED) is 0.572. The van der Waals surface area contributed by atoms with Crippen molar-refractivity contribution in [1.29, 1.82) is 0 Å². The van der Waals surface area contributed by atoms with Crippen molar-refractivity contribution in [2.75, 3.05) is 0 Å². The van der Waals surface area contributed by atoms with Crippen molar-refractivity contribution in [3.63, 3.8) is 0 Å². The van der Waals surface area contributed by atoms with Crippen LogP contribution in [0.1, 0.15) is 0 Å². The standard InChI is InChI=1S/C12H6Br2O3S2/c13-11-8-4-6-2-1-3-10(19(15,16)17)7(6)5-9(8)12(14)18-11/h1-5H,(H,15,16,17). The number of halogens is 2. The van der Waals surface area contributed by atoms with E-state index >= 15 is 0 Å². The Labute approximate surface area is 130 Å². The Morgan fingerprint density at radius 1 is 1.00 bits per heavy atom. The monoisotopic (exact) mass is 420 g/mol. The molecule has 0 fully saturated rings. The summed E-state index contributed by atoms with van der Waals surface area (Å²) in [6.07, 6.45) is 0. The molecule has 0 unspecified atom stereocenters. The van der Waals surface area contributed by atoms with Crippen LogP contribution in [0.15, 0.2) is 42.8 Å². The molecule has 0 aliphatic rings. The summed E-state index contributed by atoms with van der Waals surface area (Å²) in [7, 11) is -4.23. The molecule has 0 saturated carbocycles. The smallest absolute Gasteiger partial charge is 0.282 e.